The molecule has 1 unspecified atom stereocenters. The second-order valence-corrected chi connectivity index (χ2v) is 6.81. The summed E-state index contributed by atoms with van der Waals surface area (Å²) in [7, 11) is 1.63. The third-order valence-electron chi connectivity index (χ3n) is 2.60. The van der Waals surface area contributed by atoms with Gasteiger partial charge in [-0.2, -0.15) is 0 Å². The van der Waals surface area contributed by atoms with Crippen LogP contribution in [-0.2, 0) is 13.8 Å². The number of hydrogen-bond donors (Lipinski definition) is 0. The van der Waals surface area contributed by atoms with Crippen LogP contribution in [0.2, 0.25) is 0 Å². The largest absolute Gasteiger partial charge is 0.311 e. The zero-order chi connectivity index (χ0) is 12.5. The molecule has 17 heavy (non-hydrogen) atoms. The Balaban J connectivity index is 2.11. The van der Waals surface area contributed by atoms with Crippen molar-refractivity contribution in [1.82, 2.24) is 4.98 Å². The van der Waals surface area contributed by atoms with Crippen LogP contribution >= 0.6 is 10.7 Å². The third-order valence-corrected chi connectivity index (χ3v) is 3.85. The molecule has 0 aromatic carbocycles. The molecule has 5 nitrogen and oxygen atoms in total. The summed E-state index contributed by atoms with van der Waals surface area (Å²) in [5.74, 6) is -0.509. The van der Waals surface area contributed by atoms with Gasteiger partial charge in [0.05, 0.1) is 17.6 Å². The quantitative estimate of drug-likeness (QED) is 0.772. The minimum absolute atomic E-state index is 0.0942. The SMILES string of the molecule is O=C1CC(CS(=O)(=O)Cl)CN1c1cccnc1. The van der Waals surface area contributed by atoms with Crippen molar-refractivity contribution in [2.45, 2.75) is 6.42 Å². The highest BCUT2D eigenvalue weighted by molar-refractivity contribution is 8.13. The van der Waals surface area contributed by atoms with Gasteiger partial charge in [-0.25, -0.2) is 8.42 Å². The standard InChI is InChI=1S/C10H11ClN2O3S/c11-17(15,16)7-8-4-10(14)13(6-8)9-2-1-3-12-5-9/h1-3,5,8H,4,6-7H2. The van der Waals surface area contributed by atoms with Gasteiger partial charge in [0.1, 0.15) is 0 Å². The van der Waals surface area contributed by atoms with E-state index in [-0.39, 0.29) is 24.0 Å². The number of rotatable bonds is 3. The average molecular weight is 275 g/mol. The van der Waals surface area contributed by atoms with Crippen LogP contribution in [0.15, 0.2) is 24.5 Å². The summed E-state index contributed by atoms with van der Waals surface area (Å²) >= 11 is 0. The van der Waals surface area contributed by atoms with E-state index >= 15 is 0 Å². The Hall–Kier alpha value is -1.14. The van der Waals surface area contributed by atoms with Crippen LogP contribution in [0.1, 0.15) is 6.42 Å². The van der Waals surface area contributed by atoms with Crippen molar-refractivity contribution in [2.75, 3.05) is 17.2 Å². The highest BCUT2D eigenvalue weighted by Crippen LogP contribution is 2.25. The first-order valence-corrected chi connectivity index (χ1v) is 7.56. The number of nitrogens with zero attached hydrogens (tertiary/aromatic N) is 2. The minimum Gasteiger partial charge on any atom is -0.311 e. The molecule has 0 N–H and O–H groups in total. The Bertz CT molecular complexity index is 518. The molecule has 0 bridgehead atoms. The monoisotopic (exact) mass is 274 g/mol. The predicted octanol–water partition coefficient (Wildman–Crippen LogP) is 1.00. The summed E-state index contributed by atoms with van der Waals surface area (Å²) in [6, 6.07) is 3.50. The Labute approximate surface area is 104 Å². The highest BCUT2D eigenvalue weighted by Gasteiger charge is 2.33. The van der Waals surface area contributed by atoms with Crippen molar-refractivity contribution in [1.29, 1.82) is 0 Å². The smallest absolute Gasteiger partial charge is 0.232 e. The maximum atomic E-state index is 11.7. The van der Waals surface area contributed by atoms with Crippen molar-refractivity contribution in [3.8, 4) is 0 Å². The fourth-order valence-corrected chi connectivity index (χ4v) is 3.26. The first-order valence-electron chi connectivity index (χ1n) is 5.08. The van der Waals surface area contributed by atoms with Crippen molar-refractivity contribution in [2.24, 2.45) is 5.92 Å². The van der Waals surface area contributed by atoms with Crippen LogP contribution in [0.4, 0.5) is 5.69 Å². The number of pyridine rings is 1. The Morgan fingerprint density at radius 1 is 1.53 bits per heavy atom. The van der Waals surface area contributed by atoms with Gasteiger partial charge in [0, 0.05) is 35.8 Å². The van der Waals surface area contributed by atoms with E-state index in [4.69, 9.17) is 10.7 Å². The molecule has 0 radical (unpaired) electrons. The number of hydrogen-bond acceptors (Lipinski definition) is 4. The number of anilines is 1. The minimum atomic E-state index is -3.56. The molecule has 1 aliphatic heterocycles. The van der Waals surface area contributed by atoms with Gasteiger partial charge in [0.2, 0.25) is 15.0 Å². The molecule has 1 atom stereocenters. The second-order valence-electron chi connectivity index (χ2n) is 3.99. The van der Waals surface area contributed by atoms with Gasteiger partial charge in [-0.15, -0.1) is 0 Å². The number of amides is 1. The van der Waals surface area contributed by atoms with Gasteiger partial charge in [0.25, 0.3) is 0 Å². The van der Waals surface area contributed by atoms with E-state index in [0.717, 1.165) is 0 Å². The predicted molar refractivity (Wildman–Crippen MR) is 64.3 cm³/mol. The lowest BCUT2D eigenvalue weighted by atomic mass is 10.1. The molecule has 0 saturated carbocycles. The van der Waals surface area contributed by atoms with E-state index in [1.807, 2.05) is 0 Å². The van der Waals surface area contributed by atoms with Crippen LogP contribution in [0.25, 0.3) is 0 Å². The topological polar surface area (TPSA) is 67.3 Å². The van der Waals surface area contributed by atoms with Gasteiger partial charge < -0.3 is 4.90 Å². The molecule has 1 saturated heterocycles. The molecular weight excluding hydrogens is 264 g/mol. The first kappa shape index (κ1) is 12.3. The summed E-state index contributed by atoms with van der Waals surface area (Å²) in [6.45, 7) is 0.372. The molecule has 1 fully saturated rings. The molecule has 1 aromatic heterocycles. The Morgan fingerprint density at radius 3 is 2.88 bits per heavy atom. The molecule has 0 spiro atoms. The van der Waals surface area contributed by atoms with Crippen LogP contribution < -0.4 is 4.90 Å². The Morgan fingerprint density at radius 2 is 2.29 bits per heavy atom. The van der Waals surface area contributed by atoms with Gasteiger partial charge >= 0.3 is 0 Å². The fourth-order valence-electron chi connectivity index (χ4n) is 1.94. The number of halogens is 1. The lowest BCUT2D eigenvalue weighted by molar-refractivity contribution is -0.117. The fraction of sp³-hybridized carbons (Fsp3) is 0.400. The van der Waals surface area contributed by atoms with Crippen LogP contribution in [0.5, 0.6) is 0 Å². The van der Waals surface area contributed by atoms with Crippen LogP contribution in [-0.4, -0.2) is 31.6 Å². The normalized spacial score (nSPS) is 20.9. The lowest BCUT2D eigenvalue weighted by Crippen LogP contribution is -2.25. The van der Waals surface area contributed by atoms with Gasteiger partial charge in [-0.05, 0) is 12.1 Å². The molecule has 7 heteroatoms. The van der Waals surface area contributed by atoms with Gasteiger partial charge in [-0.1, -0.05) is 0 Å². The summed E-state index contributed by atoms with van der Waals surface area (Å²) < 4.78 is 21.9. The van der Waals surface area contributed by atoms with Gasteiger partial charge in [0.15, 0.2) is 0 Å². The van der Waals surface area contributed by atoms with Crippen LogP contribution in [0, 0.1) is 5.92 Å². The highest BCUT2D eigenvalue weighted by atomic mass is 35.7. The van der Waals surface area contributed by atoms with Crippen molar-refractivity contribution in [3.63, 3.8) is 0 Å². The zero-order valence-electron chi connectivity index (χ0n) is 8.91. The number of carbonyl (C=O) groups is 1. The molecule has 1 aromatic rings. The molecule has 92 valence electrons. The molecule has 1 amide bonds. The Kier molecular flexibility index (Phi) is 3.35. The lowest BCUT2D eigenvalue weighted by Gasteiger charge is -2.15. The molecular formula is C10H11ClN2O3S. The van der Waals surface area contributed by atoms with Crippen molar-refractivity contribution >= 4 is 31.3 Å². The second kappa shape index (κ2) is 4.62. The molecule has 1 aliphatic rings. The van der Waals surface area contributed by atoms with Crippen molar-refractivity contribution in [3.05, 3.63) is 24.5 Å². The maximum absolute atomic E-state index is 11.7. The summed E-state index contributed by atoms with van der Waals surface area (Å²) in [5, 5.41) is 0. The number of aromatic nitrogens is 1. The third kappa shape index (κ3) is 3.17. The van der Waals surface area contributed by atoms with E-state index in [1.54, 1.807) is 29.4 Å². The summed E-state index contributed by atoms with van der Waals surface area (Å²) in [4.78, 5) is 17.2. The molecule has 0 aliphatic carbocycles. The molecule has 2 rings (SSSR count). The van der Waals surface area contributed by atoms with E-state index in [0.29, 0.717) is 12.2 Å². The van der Waals surface area contributed by atoms with E-state index in [9.17, 15) is 13.2 Å². The van der Waals surface area contributed by atoms with Crippen molar-refractivity contribution < 1.29 is 13.2 Å². The summed E-state index contributed by atoms with van der Waals surface area (Å²) in [6.07, 6.45) is 3.40. The van der Waals surface area contributed by atoms with E-state index in [1.165, 1.54) is 0 Å². The average Bonchev–Trinajstić information content (AvgIpc) is 2.58. The van der Waals surface area contributed by atoms with Gasteiger partial charge in [-0.3, -0.25) is 9.78 Å². The number of carbonyl (C=O) groups excluding carboxylic acids is 1. The molecule has 2 heterocycles. The van der Waals surface area contributed by atoms with E-state index < -0.39 is 9.05 Å². The maximum Gasteiger partial charge on any atom is 0.232 e. The summed E-state index contributed by atoms with van der Waals surface area (Å²) in [5.41, 5.74) is 0.687. The van der Waals surface area contributed by atoms with E-state index in [2.05, 4.69) is 4.98 Å². The zero-order valence-corrected chi connectivity index (χ0v) is 10.5. The van der Waals surface area contributed by atoms with Crippen LogP contribution in [0.3, 0.4) is 0 Å². The first-order chi connectivity index (χ1) is 7.96.